The molecule has 1 heterocycles. The van der Waals surface area contributed by atoms with Gasteiger partial charge in [0.25, 0.3) is 5.91 Å². The third kappa shape index (κ3) is 5.36. The Labute approximate surface area is 211 Å². The fraction of sp³-hybridized carbons (Fsp3) is 0.0968. The highest BCUT2D eigenvalue weighted by atomic mass is 16.5. The number of carbonyl (C=O) groups is 1. The summed E-state index contributed by atoms with van der Waals surface area (Å²) in [6.45, 7) is 6.08. The Morgan fingerprint density at radius 2 is 1.58 bits per heavy atom. The molecule has 0 aliphatic rings. The molecule has 36 heavy (non-hydrogen) atoms. The van der Waals surface area contributed by atoms with Crippen LogP contribution in [0.2, 0.25) is 0 Å². The zero-order chi connectivity index (χ0) is 25.5. The quantitative estimate of drug-likeness (QED) is 0.271. The second kappa shape index (κ2) is 11.2. The predicted octanol–water partition coefficient (Wildman–Crippen LogP) is 7.86. The normalized spacial score (nSPS) is 10.3. The van der Waals surface area contributed by atoms with Crippen LogP contribution in [0.1, 0.15) is 29.8 Å². The van der Waals surface area contributed by atoms with Gasteiger partial charge in [0.2, 0.25) is 0 Å². The molecule has 0 aliphatic heterocycles. The molecule has 5 aromatic rings. The predicted molar refractivity (Wildman–Crippen MR) is 149 cm³/mol. The lowest BCUT2D eigenvalue weighted by Crippen LogP contribution is -2.12. The minimum atomic E-state index is -0.209. The Morgan fingerprint density at radius 1 is 0.861 bits per heavy atom. The molecule has 180 valence electrons. The highest BCUT2D eigenvalue weighted by molar-refractivity contribution is 6.05. The number of nitrogens with one attached hydrogen (secondary N) is 1. The fourth-order valence-corrected chi connectivity index (χ4v) is 3.91. The average molecular weight is 476 g/mol. The number of benzene rings is 4. The molecule has 0 saturated carbocycles. The van der Waals surface area contributed by atoms with Crippen molar-refractivity contribution in [3.63, 3.8) is 0 Å². The fourth-order valence-electron chi connectivity index (χ4n) is 3.91. The van der Waals surface area contributed by atoms with Crippen molar-refractivity contribution >= 4 is 28.2 Å². The zero-order valence-corrected chi connectivity index (χ0v) is 20.7. The summed E-state index contributed by atoms with van der Waals surface area (Å²) in [6, 6.07) is 30.7. The molecule has 0 spiro atoms. The van der Waals surface area contributed by atoms with E-state index in [0.717, 1.165) is 21.9 Å². The van der Waals surface area contributed by atoms with Crippen molar-refractivity contribution in [3.05, 3.63) is 114 Å². The van der Waals surface area contributed by atoms with Gasteiger partial charge >= 0.3 is 0 Å². The second-order valence-corrected chi connectivity index (χ2v) is 8.02. The molecule has 0 saturated heterocycles. The molecule has 1 amide bonds. The number of fused-ring (bicyclic) bond motifs is 1. The maximum atomic E-state index is 13.0. The first-order valence-corrected chi connectivity index (χ1v) is 12.0. The molecule has 1 aromatic heterocycles. The number of nitrogen functional groups attached to an aromatic ring is 1. The molecule has 0 fully saturated rings. The Balaban J connectivity index is 0.00000148. The van der Waals surface area contributed by atoms with Gasteiger partial charge in [-0.15, -0.1) is 0 Å². The minimum Gasteiger partial charge on any atom is -0.455 e. The summed E-state index contributed by atoms with van der Waals surface area (Å²) in [5, 5.41) is 4.76. The highest BCUT2D eigenvalue weighted by Crippen LogP contribution is 2.32. The molecule has 5 rings (SSSR count). The smallest absolute Gasteiger partial charge is 0.255 e. The van der Waals surface area contributed by atoms with Crippen LogP contribution in [-0.4, -0.2) is 10.9 Å². The van der Waals surface area contributed by atoms with Gasteiger partial charge in [-0.05, 0) is 71.5 Å². The number of pyridine rings is 1. The largest absolute Gasteiger partial charge is 0.455 e. The Hall–Kier alpha value is -4.64. The molecule has 5 nitrogen and oxygen atoms in total. The molecule has 0 radical (unpaired) electrons. The number of nitrogens with zero attached hydrogens (tertiary/aromatic N) is 1. The molecule has 0 atom stereocenters. The molecular formula is C31H29N3O2. The van der Waals surface area contributed by atoms with Crippen LogP contribution in [0.4, 0.5) is 11.5 Å². The third-order valence-corrected chi connectivity index (χ3v) is 5.73. The number of rotatable bonds is 5. The van der Waals surface area contributed by atoms with Gasteiger partial charge in [-0.2, -0.15) is 0 Å². The summed E-state index contributed by atoms with van der Waals surface area (Å²) in [7, 11) is 0. The van der Waals surface area contributed by atoms with Crippen molar-refractivity contribution < 1.29 is 9.53 Å². The summed E-state index contributed by atoms with van der Waals surface area (Å²) >= 11 is 0. The van der Waals surface area contributed by atoms with Gasteiger partial charge in [0, 0.05) is 17.1 Å². The number of para-hydroxylation sites is 2. The number of hydrogen-bond acceptors (Lipinski definition) is 4. The van der Waals surface area contributed by atoms with E-state index in [4.69, 9.17) is 10.5 Å². The summed E-state index contributed by atoms with van der Waals surface area (Å²) in [6.07, 6.45) is 1.68. The van der Waals surface area contributed by atoms with Gasteiger partial charge in [-0.3, -0.25) is 4.79 Å². The monoisotopic (exact) mass is 475 g/mol. The number of hydrogen-bond donors (Lipinski definition) is 2. The van der Waals surface area contributed by atoms with E-state index in [0.29, 0.717) is 28.6 Å². The molecule has 0 aliphatic carbocycles. The Bertz CT molecular complexity index is 1490. The lowest BCUT2D eigenvalue weighted by molar-refractivity contribution is 0.102. The molecule has 3 N–H and O–H groups in total. The van der Waals surface area contributed by atoms with E-state index >= 15 is 0 Å². The lowest BCUT2D eigenvalue weighted by atomic mass is 9.99. The standard InChI is InChI=1S/C29H23N3O2.C2H6/c1-19-6-2-3-7-24(19)20-10-12-22(13-11-20)29(33)32-26-8-4-5-9-27(26)34-23-15-14-21-16-17-31-28(30)25(21)18-23;1-2/h2-18H,1H3,(H2,30,31)(H,32,33);1-2H3. The van der Waals surface area contributed by atoms with Crippen molar-refractivity contribution in [1.82, 2.24) is 4.98 Å². The summed E-state index contributed by atoms with van der Waals surface area (Å²) in [5.41, 5.74) is 10.6. The second-order valence-electron chi connectivity index (χ2n) is 8.02. The van der Waals surface area contributed by atoms with Crippen LogP contribution in [0.15, 0.2) is 103 Å². The molecule has 5 heteroatoms. The number of nitrogens with two attached hydrogens (primary N) is 1. The number of carbonyl (C=O) groups excluding carboxylic acids is 1. The molecule has 0 bridgehead atoms. The average Bonchev–Trinajstić information content (AvgIpc) is 2.92. The van der Waals surface area contributed by atoms with E-state index in [-0.39, 0.29) is 5.91 Å². The topological polar surface area (TPSA) is 77.2 Å². The number of amides is 1. The van der Waals surface area contributed by atoms with Crippen molar-refractivity contribution in [3.8, 4) is 22.6 Å². The lowest BCUT2D eigenvalue weighted by Gasteiger charge is -2.13. The number of ether oxygens (including phenoxy) is 1. The van der Waals surface area contributed by atoms with E-state index in [9.17, 15) is 4.79 Å². The van der Waals surface area contributed by atoms with Crippen LogP contribution in [0.5, 0.6) is 11.5 Å². The highest BCUT2D eigenvalue weighted by Gasteiger charge is 2.12. The van der Waals surface area contributed by atoms with Crippen molar-refractivity contribution in [1.29, 1.82) is 0 Å². The summed E-state index contributed by atoms with van der Waals surface area (Å²) in [4.78, 5) is 17.1. The first kappa shape index (κ1) is 24.5. The van der Waals surface area contributed by atoms with Crippen LogP contribution in [0.3, 0.4) is 0 Å². The van der Waals surface area contributed by atoms with Crippen LogP contribution in [0, 0.1) is 6.92 Å². The van der Waals surface area contributed by atoms with E-state index < -0.39 is 0 Å². The van der Waals surface area contributed by atoms with Gasteiger partial charge in [0.05, 0.1) is 5.69 Å². The number of aryl methyl sites for hydroxylation is 1. The number of anilines is 2. The van der Waals surface area contributed by atoms with Crippen molar-refractivity contribution in [2.75, 3.05) is 11.1 Å². The van der Waals surface area contributed by atoms with E-state index in [2.05, 4.69) is 29.4 Å². The Kier molecular flexibility index (Phi) is 7.61. The first-order valence-electron chi connectivity index (χ1n) is 12.0. The van der Waals surface area contributed by atoms with Gasteiger partial charge in [0.15, 0.2) is 5.75 Å². The van der Waals surface area contributed by atoms with Crippen LogP contribution >= 0.6 is 0 Å². The van der Waals surface area contributed by atoms with Crippen molar-refractivity contribution in [2.24, 2.45) is 0 Å². The summed E-state index contributed by atoms with van der Waals surface area (Å²) < 4.78 is 6.10. The maximum Gasteiger partial charge on any atom is 0.255 e. The Morgan fingerprint density at radius 3 is 2.36 bits per heavy atom. The van der Waals surface area contributed by atoms with E-state index in [1.165, 1.54) is 5.56 Å². The van der Waals surface area contributed by atoms with Gasteiger partial charge in [-0.25, -0.2) is 4.98 Å². The van der Waals surface area contributed by atoms with Gasteiger partial charge in [0.1, 0.15) is 11.6 Å². The van der Waals surface area contributed by atoms with E-state index in [1.807, 2.05) is 98.8 Å². The van der Waals surface area contributed by atoms with Gasteiger partial charge < -0.3 is 15.8 Å². The molecular weight excluding hydrogens is 446 g/mol. The van der Waals surface area contributed by atoms with Crippen LogP contribution < -0.4 is 15.8 Å². The summed E-state index contributed by atoms with van der Waals surface area (Å²) in [5.74, 6) is 1.38. The van der Waals surface area contributed by atoms with E-state index in [1.54, 1.807) is 6.20 Å². The van der Waals surface area contributed by atoms with Gasteiger partial charge in [-0.1, -0.05) is 68.4 Å². The zero-order valence-electron chi connectivity index (χ0n) is 20.7. The van der Waals surface area contributed by atoms with Crippen LogP contribution in [-0.2, 0) is 0 Å². The number of aromatic nitrogens is 1. The molecule has 4 aromatic carbocycles. The third-order valence-electron chi connectivity index (χ3n) is 5.73. The first-order chi connectivity index (χ1) is 17.6. The molecule has 0 unspecified atom stereocenters. The SMILES string of the molecule is CC.Cc1ccccc1-c1ccc(C(=O)Nc2ccccc2Oc2ccc3ccnc(N)c3c2)cc1. The van der Waals surface area contributed by atoms with Crippen molar-refractivity contribution in [2.45, 2.75) is 20.8 Å². The van der Waals surface area contributed by atoms with Crippen LogP contribution in [0.25, 0.3) is 21.9 Å². The maximum absolute atomic E-state index is 13.0. The minimum absolute atomic E-state index is 0.209.